The Kier molecular flexibility index (Phi) is 4.48. The monoisotopic (exact) mass is 194 g/mol. The highest BCUT2D eigenvalue weighted by atomic mass is 16.2. The van der Waals surface area contributed by atoms with Gasteiger partial charge >= 0.3 is 0 Å². The third-order valence-electron chi connectivity index (χ3n) is 2.55. The van der Waals surface area contributed by atoms with Crippen molar-refractivity contribution in [3.05, 3.63) is 0 Å². The molecular formula is C11H18N2O. The van der Waals surface area contributed by atoms with Gasteiger partial charge in [-0.25, -0.2) is 0 Å². The van der Waals surface area contributed by atoms with Crippen LogP contribution in [0.4, 0.5) is 0 Å². The van der Waals surface area contributed by atoms with Crippen LogP contribution in [0, 0.1) is 12.3 Å². The van der Waals surface area contributed by atoms with E-state index in [0.717, 1.165) is 32.2 Å². The zero-order chi connectivity index (χ0) is 10.4. The van der Waals surface area contributed by atoms with Gasteiger partial charge in [0.05, 0.1) is 12.1 Å². The minimum Gasteiger partial charge on any atom is -0.341 e. The van der Waals surface area contributed by atoms with E-state index in [9.17, 15) is 4.79 Å². The third-order valence-corrected chi connectivity index (χ3v) is 2.55. The largest absolute Gasteiger partial charge is 0.341 e. The quantitative estimate of drug-likeness (QED) is 0.648. The Morgan fingerprint density at radius 3 is 3.00 bits per heavy atom. The van der Waals surface area contributed by atoms with Crippen molar-refractivity contribution in [3.8, 4) is 12.3 Å². The van der Waals surface area contributed by atoms with Gasteiger partial charge in [0.2, 0.25) is 5.91 Å². The van der Waals surface area contributed by atoms with Crippen LogP contribution in [-0.4, -0.2) is 24.5 Å². The Morgan fingerprint density at radius 2 is 2.50 bits per heavy atom. The number of nitrogens with one attached hydrogen (secondary N) is 2. The van der Waals surface area contributed by atoms with E-state index in [2.05, 4.69) is 16.6 Å². The SMILES string of the molecule is C#CC(CC)NC(=O)C1CCCCN1. The van der Waals surface area contributed by atoms with Crippen molar-refractivity contribution >= 4 is 5.91 Å². The molecule has 1 aliphatic heterocycles. The smallest absolute Gasteiger partial charge is 0.238 e. The molecule has 3 heteroatoms. The maximum atomic E-state index is 11.7. The van der Waals surface area contributed by atoms with Crippen LogP contribution in [-0.2, 0) is 4.79 Å². The summed E-state index contributed by atoms with van der Waals surface area (Å²) in [5.41, 5.74) is 0. The van der Waals surface area contributed by atoms with E-state index >= 15 is 0 Å². The second kappa shape index (κ2) is 5.66. The minimum atomic E-state index is -0.119. The van der Waals surface area contributed by atoms with Crippen molar-refractivity contribution in [1.82, 2.24) is 10.6 Å². The van der Waals surface area contributed by atoms with Crippen LogP contribution in [0.3, 0.4) is 0 Å². The summed E-state index contributed by atoms with van der Waals surface area (Å²) in [5.74, 6) is 2.61. The first-order valence-electron chi connectivity index (χ1n) is 5.27. The number of piperidine rings is 1. The predicted octanol–water partition coefficient (Wildman–Crippen LogP) is 0.656. The molecule has 2 unspecified atom stereocenters. The van der Waals surface area contributed by atoms with E-state index in [-0.39, 0.29) is 18.0 Å². The van der Waals surface area contributed by atoms with Crippen LogP contribution >= 0.6 is 0 Å². The summed E-state index contributed by atoms with van der Waals surface area (Å²) in [5, 5.41) is 6.04. The Bertz CT molecular complexity index is 226. The van der Waals surface area contributed by atoms with Gasteiger partial charge in [0.25, 0.3) is 0 Å². The molecule has 0 aromatic heterocycles. The maximum Gasteiger partial charge on any atom is 0.238 e. The summed E-state index contributed by atoms with van der Waals surface area (Å²) in [7, 11) is 0. The number of carbonyl (C=O) groups excluding carboxylic acids is 1. The van der Waals surface area contributed by atoms with E-state index < -0.39 is 0 Å². The van der Waals surface area contributed by atoms with Gasteiger partial charge in [-0.05, 0) is 25.8 Å². The Balaban J connectivity index is 2.36. The first kappa shape index (κ1) is 11.1. The van der Waals surface area contributed by atoms with Crippen LogP contribution in [0.1, 0.15) is 32.6 Å². The average Bonchev–Trinajstić information content (AvgIpc) is 2.26. The van der Waals surface area contributed by atoms with Crippen LogP contribution in [0.5, 0.6) is 0 Å². The normalized spacial score (nSPS) is 23.6. The second-order valence-electron chi connectivity index (χ2n) is 3.64. The van der Waals surface area contributed by atoms with Crippen molar-refractivity contribution in [3.63, 3.8) is 0 Å². The molecular weight excluding hydrogens is 176 g/mol. The van der Waals surface area contributed by atoms with Gasteiger partial charge in [0.15, 0.2) is 0 Å². The molecule has 0 radical (unpaired) electrons. The predicted molar refractivity (Wildman–Crippen MR) is 56.7 cm³/mol. The molecule has 0 aromatic rings. The highest BCUT2D eigenvalue weighted by Crippen LogP contribution is 2.07. The molecule has 0 aliphatic carbocycles. The summed E-state index contributed by atoms with van der Waals surface area (Å²) in [6, 6.07) is -0.155. The highest BCUT2D eigenvalue weighted by molar-refractivity contribution is 5.82. The first-order valence-corrected chi connectivity index (χ1v) is 5.27. The first-order chi connectivity index (χ1) is 6.77. The lowest BCUT2D eigenvalue weighted by Crippen LogP contribution is -2.49. The lowest BCUT2D eigenvalue weighted by Gasteiger charge is -2.23. The fourth-order valence-electron chi connectivity index (χ4n) is 1.61. The van der Waals surface area contributed by atoms with Gasteiger partial charge in [-0.15, -0.1) is 6.42 Å². The van der Waals surface area contributed by atoms with Gasteiger partial charge in [-0.2, -0.15) is 0 Å². The molecule has 1 heterocycles. The van der Waals surface area contributed by atoms with Crippen LogP contribution in [0.15, 0.2) is 0 Å². The molecule has 1 rings (SSSR count). The summed E-state index contributed by atoms with van der Waals surface area (Å²) in [4.78, 5) is 11.7. The van der Waals surface area contributed by atoms with Gasteiger partial charge in [0.1, 0.15) is 0 Å². The summed E-state index contributed by atoms with van der Waals surface area (Å²) >= 11 is 0. The van der Waals surface area contributed by atoms with Crippen molar-refractivity contribution in [2.24, 2.45) is 0 Å². The molecule has 1 saturated heterocycles. The molecule has 78 valence electrons. The van der Waals surface area contributed by atoms with E-state index in [0.29, 0.717) is 0 Å². The Labute approximate surface area is 85.6 Å². The Hall–Kier alpha value is -1.01. The molecule has 14 heavy (non-hydrogen) atoms. The molecule has 1 aliphatic rings. The van der Waals surface area contributed by atoms with E-state index in [4.69, 9.17) is 6.42 Å². The fraction of sp³-hybridized carbons (Fsp3) is 0.727. The minimum absolute atomic E-state index is 0.0360. The zero-order valence-electron chi connectivity index (χ0n) is 8.68. The third kappa shape index (κ3) is 3.04. The molecule has 2 atom stereocenters. The highest BCUT2D eigenvalue weighted by Gasteiger charge is 2.21. The standard InChI is InChI=1S/C11H18N2O/c1-3-9(4-2)13-11(14)10-7-5-6-8-12-10/h1,9-10,12H,4-8H2,2H3,(H,13,14). The van der Waals surface area contributed by atoms with Gasteiger partial charge in [-0.3, -0.25) is 4.79 Å². The number of hydrogen-bond acceptors (Lipinski definition) is 2. The lowest BCUT2D eigenvalue weighted by molar-refractivity contribution is -0.124. The average molecular weight is 194 g/mol. The fourth-order valence-corrected chi connectivity index (χ4v) is 1.61. The molecule has 0 spiro atoms. The van der Waals surface area contributed by atoms with Gasteiger partial charge in [0, 0.05) is 0 Å². The topological polar surface area (TPSA) is 41.1 Å². The van der Waals surface area contributed by atoms with E-state index in [1.54, 1.807) is 0 Å². The van der Waals surface area contributed by atoms with Crippen LogP contribution in [0.2, 0.25) is 0 Å². The van der Waals surface area contributed by atoms with Gasteiger partial charge in [-0.1, -0.05) is 19.3 Å². The number of amides is 1. The second-order valence-corrected chi connectivity index (χ2v) is 3.64. The van der Waals surface area contributed by atoms with E-state index in [1.165, 1.54) is 0 Å². The number of carbonyl (C=O) groups is 1. The van der Waals surface area contributed by atoms with Crippen LogP contribution < -0.4 is 10.6 Å². The number of rotatable bonds is 3. The number of terminal acetylenes is 1. The lowest BCUT2D eigenvalue weighted by atomic mass is 10.0. The molecule has 3 nitrogen and oxygen atoms in total. The van der Waals surface area contributed by atoms with Crippen molar-refractivity contribution < 1.29 is 4.79 Å². The number of hydrogen-bond donors (Lipinski definition) is 2. The summed E-state index contributed by atoms with van der Waals surface area (Å²) < 4.78 is 0. The summed E-state index contributed by atoms with van der Waals surface area (Å²) in [6.45, 7) is 2.91. The van der Waals surface area contributed by atoms with Crippen molar-refractivity contribution in [2.75, 3.05) is 6.54 Å². The zero-order valence-corrected chi connectivity index (χ0v) is 8.68. The van der Waals surface area contributed by atoms with Gasteiger partial charge < -0.3 is 10.6 Å². The van der Waals surface area contributed by atoms with Crippen molar-refractivity contribution in [2.45, 2.75) is 44.7 Å². The van der Waals surface area contributed by atoms with E-state index in [1.807, 2.05) is 6.92 Å². The molecule has 1 amide bonds. The van der Waals surface area contributed by atoms with Crippen LogP contribution in [0.25, 0.3) is 0 Å². The molecule has 2 N–H and O–H groups in total. The molecule has 0 aromatic carbocycles. The molecule has 1 fully saturated rings. The Morgan fingerprint density at radius 1 is 1.71 bits per heavy atom. The maximum absolute atomic E-state index is 11.7. The molecule has 0 saturated carbocycles. The molecule has 0 bridgehead atoms. The van der Waals surface area contributed by atoms with Crippen molar-refractivity contribution in [1.29, 1.82) is 0 Å². The summed E-state index contributed by atoms with van der Waals surface area (Å²) in [6.07, 6.45) is 9.27.